The van der Waals surface area contributed by atoms with Gasteiger partial charge in [0, 0.05) is 34.1 Å². The van der Waals surface area contributed by atoms with Crippen molar-refractivity contribution in [3.8, 4) is 0 Å². The molecule has 1 saturated carbocycles. The summed E-state index contributed by atoms with van der Waals surface area (Å²) in [5, 5.41) is 6.53. The highest BCUT2D eigenvalue weighted by molar-refractivity contribution is 7.17. The van der Waals surface area contributed by atoms with Crippen LogP contribution >= 0.6 is 22.9 Å². The fourth-order valence-electron chi connectivity index (χ4n) is 4.46. The van der Waals surface area contributed by atoms with Gasteiger partial charge in [-0.25, -0.2) is 0 Å². The molecule has 1 N–H and O–H groups in total. The number of nitrogens with one attached hydrogen (secondary N) is 1. The summed E-state index contributed by atoms with van der Waals surface area (Å²) in [4.78, 5) is 9.09. The summed E-state index contributed by atoms with van der Waals surface area (Å²) < 4.78 is 5.50. The van der Waals surface area contributed by atoms with Crippen molar-refractivity contribution in [2.24, 2.45) is 16.0 Å². The van der Waals surface area contributed by atoms with Gasteiger partial charge in [0.1, 0.15) is 22.5 Å². The Morgan fingerprint density at radius 2 is 2.04 bits per heavy atom. The molecule has 1 aromatic carbocycles. The van der Waals surface area contributed by atoms with Gasteiger partial charge in [-0.3, -0.25) is 15.3 Å². The summed E-state index contributed by atoms with van der Waals surface area (Å²) >= 11 is 7.98. The minimum absolute atomic E-state index is 0.0219. The number of methoxy groups -OCH3 is 1. The van der Waals surface area contributed by atoms with Gasteiger partial charge >= 0.3 is 0 Å². The molecule has 3 heterocycles. The normalized spacial score (nSPS) is 27.7. The molecule has 28 heavy (non-hydrogen) atoms. The molecule has 0 radical (unpaired) electrons. The first-order valence-corrected chi connectivity index (χ1v) is 10.7. The topological polar surface area (TPSA) is 49.2 Å². The Morgan fingerprint density at radius 3 is 2.75 bits per heavy atom. The number of ether oxygens (including phenoxy) is 1. The predicted molar refractivity (Wildman–Crippen MR) is 116 cm³/mol. The summed E-state index contributed by atoms with van der Waals surface area (Å²) in [6, 6.07) is 8.03. The molecule has 5 nitrogen and oxygen atoms in total. The SMILES string of the molecule is COC[C@H]1C[C@@]12N=C(c1ccc(Cl)cc1)c1c(sc(C)c1C)N1C(C)=NNC12. The van der Waals surface area contributed by atoms with Crippen LogP contribution < -0.4 is 10.3 Å². The van der Waals surface area contributed by atoms with Crippen LogP contribution in [-0.2, 0) is 4.74 Å². The summed E-state index contributed by atoms with van der Waals surface area (Å²) in [7, 11) is 1.76. The average molecular weight is 415 g/mol. The van der Waals surface area contributed by atoms with E-state index < -0.39 is 0 Å². The highest BCUT2D eigenvalue weighted by Gasteiger charge is 2.64. The molecule has 2 aromatic rings. The lowest BCUT2D eigenvalue weighted by Gasteiger charge is -2.29. The Balaban J connectivity index is 1.76. The number of benzene rings is 1. The molecule has 0 saturated heterocycles. The molecular weight excluding hydrogens is 392 g/mol. The molecule has 1 fully saturated rings. The quantitative estimate of drug-likeness (QED) is 0.812. The molecule has 0 bridgehead atoms. The Labute approximate surface area is 174 Å². The van der Waals surface area contributed by atoms with Crippen LogP contribution in [-0.4, -0.2) is 37.0 Å². The second kappa shape index (κ2) is 6.31. The Kier molecular flexibility index (Phi) is 4.09. The summed E-state index contributed by atoms with van der Waals surface area (Å²) in [6.45, 7) is 7.14. The fourth-order valence-corrected chi connectivity index (χ4v) is 5.82. The third-order valence-electron chi connectivity index (χ3n) is 6.18. The zero-order valence-electron chi connectivity index (χ0n) is 16.4. The summed E-state index contributed by atoms with van der Waals surface area (Å²) in [5.41, 5.74) is 7.79. The average Bonchev–Trinajstić information content (AvgIpc) is 3.12. The molecule has 3 aliphatic rings. The van der Waals surface area contributed by atoms with Gasteiger partial charge in [0.25, 0.3) is 0 Å². The number of rotatable bonds is 3. The number of anilines is 1. The van der Waals surface area contributed by atoms with Gasteiger partial charge in [0.05, 0.1) is 12.3 Å². The van der Waals surface area contributed by atoms with Gasteiger partial charge in [-0.05, 0) is 44.9 Å². The fraction of sp³-hybridized carbons (Fsp3) is 0.429. The molecule has 0 amide bonds. The Morgan fingerprint density at radius 1 is 1.29 bits per heavy atom. The predicted octanol–water partition coefficient (Wildman–Crippen LogP) is 4.34. The number of nitrogens with zero attached hydrogens (tertiary/aromatic N) is 3. The van der Waals surface area contributed by atoms with Crippen LogP contribution in [0.5, 0.6) is 0 Å². The van der Waals surface area contributed by atoms with E-state index in [-0.39, 0.29) is 11.7 Å². The first-order valence-electron chi connectivity index (χ1n) is 9.50. The van der Waals surface area contributed by atoms with Crippen molar-refractivity contribution in [1.29, 1.82) is 0 Å². The monoisotopic (exact) mass is 414 g/mol. The van der Waals surface area contributed by atoms with Crippen LogP contribution in [0.3, 0.4) is 0 Å². The largest absolute Gasteiger partial charge is 0.384 e. The summed E-state index contributed by atoms with van der Waals surface area (Å²) in [5.74, 6) is 1.36. The molecule has 146 valence electrons. The third kappa shape index (κ3) is 2.48. The second-order valence-corrected chi connectivity index (χ2v) is 9.48. The highest BCUT2D eigenvalue weighted by Crippen LogP contribution is 2.56. The van der Waals surface area contributed by atoms with E-state index in [9.17, 15) is 0 Å². The van der Waals surface area contributed by atoms with Crippen molar-refractivity contribution in [2.75, 3.05) is 18.6 Å². The maximum atomic E-state index is 6.16. The van der Waals surface area contributed by atoms with Crippen LogP contribution in [0.15, 0.2) is 34.4 Å². The number of fused-ring (bicyclic) bond motifs is 4. The van der Waals surface area contributed by atoms with Crippen LogP contribution in [0.2, 0.25) is 5.02 Å². The van der Waals surface area contributed by atoms with E-state index in [2.05, 4.69) is 48.3 Å². The number of halogens is 1. The van der Waals surface area contributed by atoms with Crippen LogP contribution in [0.25, 0.3) is 0 Å². The van der Waals surface area contributed by atoms with Gasteiger partial charge in [-0.15, -0.1) is 11.3 Å². The molecule has 1 aromatic heterocycles. The Bertz CT molecular complexity index is 1010. The van der Waals surface area contributed by atoms with Gasteiger partial charge in [0.2, 0.25) is 0 Å². The minimum Gasteiger partial charge on any atom is -0.384 e. The second-order valence-electron chi connectivity index (χ2n) is 7.84. The van der Waals surface area contributed by atoms with Gasteiger partial charge in [-0.2, -0.15) is 5.10 Å². The highest BCUT2D eigenvalue weighted by atomic mass is 35.5. The van der Waals surface area contributed by atoms with E-state index in [1.165, 1.54) is 21.0 Å². The van der Waals surface area contributed by atoms with Crippen molar-refractivity contribution in [3.63, 3.8) is 0 Å². The number of aryl methyl sites for hydroxylation is 1. The van der Waals surface area contributed by atoms with E-state index in [4.69, 9.17) is 21.3 Å². The number of thiophene rings is 1. The van der Waals surface area contributed by atoms with E-state index in [1.54, 1.807) is 7.11 Å². The summed E-state index contributed by atoms with van der Waals surface area (Å²) in [6.07, 6.45) is 1.01. The van der Waals surface area contributed by atoms with Gasteiger partial charge < -0.3 is 4.74 Å². The lowest BCUT2D eigenvalue weighted by Crippen LogP contribution is -2.49. The van der Waals surface area contributed by atoms with E-state index in [0.29, 0.717) is 12.5 Å². The number of amidine groups is 1. The van der Waals surface area contributed by atoms with Crippen molar-refractivity contribution < 1.29 is 4.74 Å². The smallest absolute Gasteiger partial charge is 0.147 e. The minimum atomic E-state index is -0.245. The van der Waals surface area contributed by atoms with Crippen LogP contribution in [0, 0.1) is 19.8 Å². The lowest BCUT2D eigenvalue weighted by atomic mass is 9.99. The van der Waals surface area contributed by atoms with Crippen LogP contribution in [0.4, 0.5) is 5.00 Å². The van der Waals surface area contributed by atoms with Crippen molar-refractivity contribution in [2.45, 2.75) is 38.9 Å². The molecule has 2 aliphatic heterocycles. The Hall–Kier alpha value is -1.89. The van der Waals surface area contributed by atoms with Gasteiger partial charge in [-0.1, -0.05) is 23.7 Å². The standard InChI is InChI=1S/C21H23ClN4OS/c1-11-12(2)28-19-17(11)18(14-5-7-16(22)8-6-14)23-21(9-15(21)10-27-4)20-25-24-13(3)26(19)20/h5-8,15,20,25H,9-10H2,1-4H3/t15-,20?,21-/m1/s1. The number of hydrogen-bond donors (Lipinski definition) is 1. The number of hydrazone groups is 1. The van der Waals surface area contributed by atoms with E-state index in [0.717, 1.165) is 28.6 Å². The third-order valence-corrected chi connectivity index (χ3v) is 7.64. The molecular formula is C21H23ClN4OS. The zero-order chi connectivity index (χ0) is 19.6. The molecule has 1 unspecified atom stereocenters. The lowest BCUT2D eigenvalue weighted by molar-refractivity contribution is 0.175. The van der Waals surface area contributed by atoms with Crippen molar-refractivity contribution in [3.05, 3.63) is 50.9 Å². The molecule has 3 atom stereocenters. The van der Waals surface area contributed by atoms with Crippen LogP contribution in [0.1, 0.15) is 34.9 Å². The van der Waals surface area contributed by atoms with Crippen molar-refractivity contribution >= 4 is 39.5 Å². The van der Waals surface area contributed by atoms with E-state index >= 15 is 0 Å². The molecule has 1 spiro atoms. The molecule has 5 rings (SSSR count). The number of hydrogen-bond acceptors (Lipinski definition) is 6. The first kappa shape index (κ1) is 18.2. The number of aliphatic imine (C=N–C) groups is 1. The molecule has 1 aliphatic carbocycles. The molecule has 7 heteroatoms. The maximum absolute atomic E-state index is 6.16. The van der Waals surface area contributed by atoms with E-state index in [1.807, 2.05) is 23.5 Å². The first-order chi connectivity index (χ1) is 13.5. The van der Waals surface area contributed by atoms with Gasteiger partial charge in [0.15, 0.2) is 0 Å². The maximum Gasteiger partial charge on any atom is 0.147 e. The van der Waals surface area contributed by atoms with Crippen molar-refractivity contribution in [1.82, 2.24) is 5.43 Å². The zero-order valence-corrected chi connectivity index (χ0v) is 18.0.